The number of carboxylic acids is 1. The summed E-state index contributed by atoms with van der Waals surface area (Å²) in [6.07, 6.45) is 4.83. The molecule has 1 N–H and O–H groups in total. The first kappa shape index (κ1) is 22.8. The lowest BCUT2D eigenvalue weighted by molar-refractivity contribution is -0.137. The van der Waals surface area contributed by atoms with E-state index >= 15 is 0 Å². The average molecular weight is 419 g/mol. The molecular weight excluding hydrogens is 392 g/mol. The van der Waals surface area contributed by atoms with E-state index < -0.39 is 5.97 Å². The Morgan fingerprint density at radius 1 is 1.07 bits per heavy atom. The monoisotopic (exact) mass is 418 g/mol. The minimum absolute atomic E-state index is 0.0265. The number of aryl methyl sites for hydroxylation is 1. The molecule has 6 nitrogen and oxygen atoms in total. The molecule has 0 atom stereocenters. The molecule has 29 heavy (non-hydrogen) atoms. The summed E-state index contributed by atoms with van der Waals surface area (Å²) in [6.45, 7) is 2.08. The van der Waals surface area contributed by atoms with Gasteiger partial charge < -0.3 is 5.11 Å². The Balaban J connectivity index is 2.20. The van der Waals surface area contributed by atoms with E-state index in [0.29, 0.717) is 35.8 Å². The fraction of sp³-hybridized carbons (Fsp3) is 0.455. The molecule has 2 rings (SSSR count). The Morgan fingerprint density at radius 3 is 2.41 bits per heavy atom. The van der Waals surface area contributed by atoms with E-state index in [1.165, 1.54) is 10.6 Å². The molecule has 156 valence electrons. The third kappa shape index (κ3) is 7.46. The van der Waals surface area contributed by atoms with Crippen molar-refractivity contribution in [2.45, 2.75) is 64.8 Å². The molecule has 2 aromatic rings. The van der Waals surface area contributed by atoms with E-state index in [9.17, 15) is 14.4 Å². The molecular formula is C22H27ClN2O4. The molecule has 0 saturated heterocycles. The second-order valence-electron chi connectivity index (χ2n) is 7.09. The van der Waals surface area contributed by atoms with Crippen molar-refractivity contribution in [1.82, 2.24) is 9.55 Å². The number of unbranched alkanes of at least 4 members (excludes halogenated alkanes) is 3. The van der Waals surface area contributed by atoms with Gasteiger partial charge in [0, 0.05) is 35.9 Å². The van der Waals surface area contributed by atoms with Crippen LogP contribution in [0.2, 0.25) is 5.02 Å². The van der Waals surface area contributed by atoms with Crippen molar-refractivity contribution < 1.29 is 14.7 Å². The van der Waals surface area contributed by atoms with Crippen molar-refractivity contribution in [1.29, 1.82) is 0 Å². The number of aromatic nitrogens is 2. The molecule has 1 heterocycles. The van der Waals surface area contributed by atoms with Gasteiger partial charge in [0.25, 0.3) is 5.56 Å². The third-order valence-electron chi connectivity index (χ3n) is 4.66. The summed E-state index contributed by atoms with van der Waals surface area (Å²) >= 11 is 5.94. The van der Waals surface area contributed by atoms with E-state index in [2.05, 4.69) is 11.9 Å². The third-order valence-corrected chi connectivity index (χ3v) is 4.91. The molecule has 0 fully saturated rings. The first-order valence-corrected chi connectivity index (χ1v) is 10.4. The molecule has 0 amide bonds. The van der Waals surface area contributed by atoms with Gasteiger partial charge in [0.2, 0.25) is 0 Å². The predicted octanol–water partition coefficient (Wildman–Crippen LogP) is 4.51. The van der Waals surface area contributed by atoms with Gasteiger partial charge in [0.1, 0.15) is 5.82 Å². The van der Waals surface area contributed by atoms with Crippen molar-refractivity contribution >= 4 is 23.4 Å². The van der Waals surface area contributed by atoms with E-state index in [-0.39, 0.29) is 30.7 Å². The van der Waals surface area contributed by atoms with Crippen LogP contribution >= 0.6 is 11.6 Å². The molecule has 0 radical (unpaired) electrons. The number of halogens is 1. The highest BCUT2D eigenvalue weighted by atomic mass is 35.5. The van der Waals surface area contributed by atoms with Gasteiger partial charge >= 0.3 is 5.97 Å². The van der Waals surface area contributed by atoms with E-state index in [0.717, 1.165) is 24.8 Å². The number of hydrogen-bond acceptors (Lipinski definition) is 4. The van der Waals surface area contributed by atoms with Gasteiger partial charge in [0.05, 0.1) is 12.2 Å². The SMILES string of the molecule is CCCCCc1nc(-c2ccc(Cl)cc2)cc(=O)n1CC(=O)CCCCC(=O)O. The van der Waals surface area contributed by atoms with Crippen LogP contribution in [-0.2, 0) is 22.6 Å². The number of benzene rings is 1. The summed E-state index contributed by atoms with van der Waals surface area (Å²) in [6, 6.07) is 8.59. The van der Waals surface area contributed by atoms with Gasteiger partial charge in [-0.25, -0.2) is 4.98 Å². The lowest BCUT2D eigenvalue weighted by Gasteiger charge is -2.13. The van der Waals surface area contributed by atoms with E-state index in [1.54, 1.807) is 12.1 Å². The number of hydrogen-bond donors (Lipinski definition) is 1. The van der Waals surface area contributed by atoms with Gasteiger partial charge in [-0.2, -0.15) is 0 Å². The topological polar surface area (TPSA) is 89.3 Å². The van der Waals surface area contributed by atoms with Crippen LogP contribution in [0.25, 0.3) is 11.3 Å². The lowest BCUT2D eigenvalue weighted by atomic mass is 10.1. The molecule has 0 unspecified atom stereocenters. The molecule has 1 aromatic carbocycles. The van der Waals surface area contributed by atoms with Crippen molar-refractivity contribution in [2.24, 2.45) is 0 Å². The number of nitrogens with zero attached hydrogens (tertiary/aromatic N) is 2. The van der Waals surface area contributed by atoms with Crippen LogP contribution in [-0.4, -0.2) is 26.4 Å². The summed E-state index contributed by atoms with van der Waals surface area (Å²) < 4.78 is 1.45. The normalized spacial score (nSPS) is 10.8. The van der Waals surface area contributed by atoms with Gasteiger partial charge in [-0.1, -0.05) is 43.5 Å². The second-order valence-corrected chi connectivity index (χ2v) is 7.52. The van der Waals surface area contributed by atoms with Crippen LogP contribution in [0.15, 0.2) is 35.1 Å². The zero-order chi connectivity index (χ0) is 21.2. The highest BCUT2D eigenvalue weighted by Gasteiger charge is 2.13. The molecule has 0 bridgehead atoms. The zero-order valence-electron chi connectivity index (χ0n) is 16.7. The number of aliphatic carboxylic acids is 1. The fourth-order valence-corrected chi connectivity index (χ4v) is 3.20. The van der Waals surface area contributed by atoms with Crippen molar-refractivity contribution in [3.8, 4) is 11.3 Å². The minimum atomic E-state index is -0.867. The van der Waals surface area contributed by atoms with E-state index in [4.69, 9.17) is 16.7 Å². The number of Topliss-reactive ketones (excluding diaryl/α,β-unsaturated/α-hetero) is 1. The standard InChI is InChI=1S/C22H27ClN2O4/c1-2-3-4-8-20-24-19(16-10-12-17(23)13-11-16)14-21(27)25(20)15-18(26)7-5-6-9-22(28)29/h10-14H,2-9,15H2,1H3,(H,28,29). The minimum Gasteiger partial charge on any atom is -0.481 e. The lowest BCUT2D eigenvalue weighted by Crippen LogP contribution is -2.28. The van der Waals surface area contributed by atoms with Crippen molar-refractivity contribution in [3.63, 3.8) is 0 Å². The van der Waals surface area contributed by atoms with Crippen molar-refractivity contribution in [3.05, 3.63) is 51.5 Å². The average Bonchev–Trinajstić information content (AvgIpc) is 2.68. The molecule has 0 aliphatic carbocycles. The Hall–Kier alpha value is -2.47. The maximum absolute atomic E-state index is 12.8. The number of carbonyl (C=O) groups is 2. The second kappa shape index (κ2) is 11.5. The van der Waals surface area contributed by atoms with Gasteiger partial charge in [-0.05, 0) is 31.4 Å². The van der Waals surface area contributed by atoms with Crippen LogP contribution in [0.1, 0.15) is 57.7 Å². The first-order chi connectivity index (χ1) is 13.9. The summed E-state index contributed by atoms with van der Waals surface area (Å²) in [5, 5.41) is 9.29. The van der Waals surface area contributed by atoms with Crippen molar-refractivity contribution in [2.75, 3.05) is 0 Å². The van der Waals surface area contributed by atoms with Gasteiger partial charge in [-0.3, -0.25) is 19.0 Å². The Kier molecular flexibility index (Phi) is 9.06. The maximum Gasteiger partial charge on any atom is 0.303 e. The summed E-state index contributed by atoms with van der Waals surface area (Å²) in [5.74, 6) is -0.348. The predicted molar refractivity (Wildman–Crippen MR) is 113 cm³/mol. The summed E-state index contributed by atoms with van der Waals surface area (Å²) in [7, 11) is 0. The summed E-state index contributed by atoms with van der Waals surface area (Å²) in [5.41, 5.74) is 1.12. The van der Waals surface area contributed by atoms with Gasteiger partial charge in [-0.15, -0.1) is 0 Å². The molecule has 0 aliphatic heterocycles. The number of carbonyl (C=O) groups excluding carboxylic acids is 1. The van der Waals surface area contributed by atoms with Crippen LogP contribution in [0, 0.1) is 0 Å². The Morgan fingerprint density at radius 2 is 1.76 bits per heavy atom. The molecule has 0 saturated carbocycles. The smallest absolute Gasteiger partial charge is 0.303 e. The Labute approximate surface area is 175 Å². The van der Waals surface area contributed by atoms with Gasteiger partial charge in [0.15, 0.2) is 5.78 Å². The Bertz CT molecular complexity index is 891. The molecule has 7 heteroatoms. The summed E-state index contributed by atoms with van der Waals surface area (Å²) in [4.78, 5) is 40.3. The van der Waals surface area contributed by atoms with Crippen LogP contribution in [0.5, 0.6) is 0 Å². The molecule has 1 aromatic heterocycles. The number of ketones is 1. The molecule has 0 aliphatic rings. The van der Waals surface area contributed by atoms with Crippen LogP contribution < -0.4 is 5.56 Å². The highest BCUT2D eigenvalue weighted by Crippen LogP contribution is 2.19. The first-order valence-electron chi connectivity index (χ1n) is 10.0. The van der Waals surface area contributed by atoms with Crippen LogP contribution in [0.4, 0.5) is 0 Å². The zero-order valence-corrected chi connectivity index (χ0v) is 17.5. The molecule has 0 spiro atoms. The quantitative estimate of drug-likeness (QED) is 0.512. The largest absolute Gasteiger partial charge is 0.481 e. The van der Waals surface area contributed by atoms with E-state index in [1.807, 2.05) is 12.1 Å². The number of carboxylic acid groups (broad SMARTS) is 1. The number of rotatable bonds is 12. The van der Waals surface area contributed by atoms with Crippen LogP contribution in [0.3, 0.4) is 0 Å². The maximum atomic E-state index is 12.8. The highest BCUT2D eigenvalue weighted by molar-refractivity contribution is 6.30. The fourth-order valence-electron chi connectivity index (χ4n) is 3.07.